The summed E-state index contributed by atoms with van der Waals surface area (Å²) >= 11 is 0. The van der Waals surface area contributed by atoms with E-state index in [0.717, 1.165) is 18.5 Å². The molecule has 5 nitrogen and oxygen atoms in total. The number of rotatable bonds is 4. The van der Waals surface area contributed by atoms with E-state index in [4.69, 9.17) is 4.74 Å². The molecule has 1 N–H and O–H groups in total. The van der Waals surface area contributed by atoms with Crippen LogP contribution >= 0.6 is 0 Å². The number of ether oxygens (including phenoxy) is 1. The van der Waals surface area contributed by atoms with Crippen LogP contribution in [0.15, 0.2) is 24.3 Å². The van der Waals surface area contributed by atoms with E-state index in [1.165, 1.54) is 32.1 Å². The van der Waals surface area contributed by atoms with E-state index in [9.17, 15) is 9.59 Å². The van der Waals surface area contributed by atoms with Gasteiger partial charge in [-0.15, -0.1) is 0 Å². The van der Waals surface area contributed by atoms with Crippen LogP contribution < -0.4 is 15.0 Å². The molecule has 1 saturated carbocycles. The summed E-state index contributed by atoms with van der Waals surface area (Å²) in [6.45, 7) is 0.449. The Labute approximate surface area is 149 Å². The fourth-order valence-electron chi connectivity index (χ4n) is 3.83. The Bertz CT molecular complexity index is 609. The van der Waals surface area contributed by atoms with Gasteiger partial charge in [0.2, 0.25) is 11.8 Å². The second-order valence-electron chi connectivity index (χ2n) is 7.16. The quantitative estimate of drug-likeness (QED) is 0.912. The molecule has 1 heterocycles. The van der Waals surface area contributed by atoms with Crippen LogP contribution in [0.2, 0.25) is 0 Å². The van der Waals surface area contributed by atoms with E-state index in [-0.39, 0.29) is 30.2 Å². The Morgan fingerprint density at radius 1 is 1.16 bits per heavy atom. The van der Waals surface area contributed by atoms with Crippen LogP contribution in [0.5, 0.6) is 5.75 Å². The summed E-state index contributed by atoms with van der Waals surface area (Å²) < 4.78 is 5.23. The largest absolute Gasteiger partial charge is 0.497 e. The zero-order valence-corrected chi connectivity index (χ0v) is 15.0. The van der Waals surface area contributed by atoms with Crippen molar-refractivity contribution in [2.24, 2.45) is 5.92 Å². The summed E-state index contributed by atoms with van der Waals surface area (Å²) in [4.78, 5) is 26.7. The molecule has 5 heteroatoms. The number of methoxy groups -OCH3 is 1. The van der Waals surface area contributed by atoms with Gasteiger partial charge in [0.25, 0.3) is 0 Å². The maximum atomic E-state index is 12.6. The number of carbonyl (C=O) groups excluding carboxylic acids is 2. The lowest BCUT2D eigenvalue weighted by Gasteiger charge is -2.23. The first kappa shape index (κ1) is 17.8. The smallest absolute Gasteiger partial charge is 0.227 e. The molecule has 136 valence electrons. The third-order valence-electron chi connectivity index (χ3n) is 5.31. The molecule has 1 atom stereocenters. The lowest BCUT2D eigenvalue weighted by molar-refractivity contribution is -0.127. The molecule has 1 aromatic carbocycles. The van der Waals surface area contributed by atoms with Crippen LogP contribution in [0.25, 0.3) is 0 Å². The number of hydrogen-bond donors (Lipinski definition) is 1. The van der Waals surface area contributed by atoms with Crippen LogP contribution in [0.4, 0.5) is 5.69 Å². The predicted octanol–water partition coefficient (Wildman–Crippen LogP) is 3.28. The summed E-state index contributed by atoms with van der Waals surface area (Å²) in [7, 11) is 1.61. The fraction of sp³-hybridized carbons (Fsp3) is 0.600. The molecule has 2 amide bonds. The highest BCUT2D eigenvalue weighted by Gasteiger charge is 2.35. The van der Waals surface area contributed by atoms with Gasteiger partial charge in [-0.1, -0.05) is 38.2 Å². The van der Waals surface area contributed by atoms with E-state index in [1.54, 1.807) is 12.0 Å². The fourth-order valence-corrected chi connectivity index (χ4v) is 3.83. The van der Waals surface area contributed by atoms with Crippen molar-refractivity contribution in [3.63, 3.8) is 0 Å². The van der Waals surface area contributed by atoms with Gasteiger partial charge in [-0.25, -0.2) is 0 Å². The van der Waals surface area contributed by atoms with Crippen molar-refractivity contribution in [1.29, 1.82) is 0 Å². The minimum Gasteiger partial charge on any atom is -0.497 e. The number of carbonyl (C=O) groups is 2. The van der Waals surface area contributed by atoms with Gasteiger partial charge < -0.3 is 15.0 Å². The van der Waals surface area contributed by atoms with Gasteiger partial charge in [-0.2, -0.15) is 0 Å². The number of benzene rings is 1. The third kappa shape index (κ3) is 4.53. The van der Waals surface area contributed by atoms with Crippen LogP contribution in [-0.4, -0.2) is 31.5 Å². The van der Waals surface area contributed by atoms with Crippen LogP contribution in [0.1, 0.15) is 51.4 Å². The Morgan fingerprint density at radius 2 is 1.88 bits per heavy atom. The molecule has 0 aromatic heterocycles. The summed E-state index contributed by atoms with van der Waals surface area (Å²) in [5.74, 6) is 0.493. The average molecular weight is 344 g/mol. The maximum Gasteiger partial charge on any atom is 0.227 e. The molecule has 25 heavy (non-hydrogen) atoms. The van der Waals surface area contributed by atoms with Gasteiger partial charge in [-0.05, 0) is 25.0 Å². The van der Waals surface area contributed by atoms with Gasteiger partial charge >= 0.3 is 0 Å². The molecule has 0 unspecified atom stereocenters. The van der Waals surface area contributed by atoms with Crippen molar-refractivity contribution in [2.75, 3.05) is 18.6 Å². The topological polar surface area (TPSA) is 58.6 Å². The summed E-state index contributed by atoms with van der Waals surface area (Å²) in [6, 6.07) is 7.71. The van der Waals surface area contributed by atoms with E-state index in [1.807, 2.05) is 24.3 Å². The van der Waals surface area contributed by atoms with Crippen molar-refractivity contribution in [2.45, 2.75) is 57.4 Å². The molecule has 0 spiro atoms. The van der Waals surface area contributed by atoms with Crippen LogP contribution in [-0.2, 0) is 9.59 Å². The number of amides is 2. The molecular weight excluding hydrogens is 316 g/mol. The first-order chi connectivity index (χ1) is 12.2. The van der Waals surface area contributed by atoms with Crippen molar-refractivity contribution in [3.8, 4) is 5.75 Å². The Kier molecular flexibility index (Phi) is 5.95. The lowest BCUT2D eigenvalue weighted by Crippen LogP contribution is -2.40. The molecule has 0 radical (unpaired) electrons. The molecule has 2 aliphatic rings. The molecular formula is C20H28N2O3. The Balaban J connectivity index is 1.60. The highest BCUT2D eigenvalue weighted by Crippen LogP contribution is 2.28. The van der Waals surface area contributed by atoms with Crippen molar-refractivity contribution in [3.05, 3.63) is 24.3 Å². The maximum absolute atomic E-state index is 12.6. The van der Waals surface area contributed by atoms with Gasteiger partial charge in [0, 0.05) is 30.8 Å². The minimum atomic E-state index is -0.260. The van der Waals surface area contributed by atoms with Crippen LogP contribution in [0.3, 0.4) is 0 Å². The molecule has 1 saturated heterocycles. The van der Waals surface area contributed by atoms with Gasteiger partial charge in [0.15, 0.2) is 0 Å². The average Bonchev–Trinajstić information content (AvgIpc) is 2.99. The molecule has 1 aliphatic heterocycles. The number of nitrogens with one attached hydrogen (secondary N) is 1. The van der Waals surface area contributed by atoms with Crippen molar-refractivity contribution in [1.82, 2.24) is 5.32 Å². The number of nitrogens with zero attached hydrogens (tertiary/aromatic N) is 1. The summed E-state index contributed by atoms with van der Waals surface area (Å²) in [6.07, 6.45) is 8.62. The van der Waals surface area contributed by atoms with E-state index in [0.29, 0.717) is 12.3 Å². The van der Waals surface area contributed by atoms with E-state index < -0.39 is 0 Å². The van der Waals surface area contributed by atoms with Crippen LogP contribution in [0, 0.1) is 5.92 Å². The zero-order chi connectivity index (χ0) is 17.6. The van der Waals surface area contributed by atoms with E-state index in [2.05, 4.69) is 5.32 Å². The van der Waals surface area contributed by atoms with Gasteiger partial charge in [0.05, 0.1) is 13.0 Å². The minimum absolute atomic E-state index is 0.00562. The number of hydrogen-bond acceptors (Lipinski definition) is 3. The standard InChI is InChI=1S/C20H28N2O3/c1-25-18-11-7-10-17(13-18)22-14-15(12-19(22)23)20(24)21-16-8-5-3-2-4-6-9-16/h7,10-11,13,15-16H,2-6,8-9,12,14H2,1H3,(H,21,24)/t15-/m0/s1. The summed E-state index contributed by atoms with van der Waals surface area (Å²) in [5, 5.41) is 3.20. The Morgan fingerprint density at radius 3 is 2.60 bits per heavy atom. The highest BCUT2D eigenvalue weighted by molar-refractivity contribution is 6.00. The molecule has 1 aliphatic carbocycles. The SMILES string of the molecule is COc1cccc(N2C[C@@H](C(=O)NC3CCCCCCC3)CC2=O)c1. The van der Waals surface area contributed by atoms with Crippen molar-refractivity contribution < 1.29 is 14.3 Å². The monoisotopic (exact) mass is 344 g/mol. The molecule has 3 rings (SSSR count). The molecule has 2 fully saturated rings. The second kappa shape index (κ2) is 8.37. The lowest BCUT2D eigenvalue weighted by atomic mass is 9.96. The summed E-state index contributed by atoms with van der Waals surface area (Å²) in [5.41, 5.74) is 0.797. The van der Waals surface area contributed by atoms with E-state index >= 15 is 0 Å². The number of anilines is 1. The molecule has 1 aromatic rings. The highest BCUT2D eigenvalue weighted by atomic mass is 16.5. The first-order valence-electron chi connectivity index (χ1n) is 9.42. The molecule has 0 bridgehead atoms. The second-order valence-corrected chi connectivity index (χ2v) is 7.16. The first-order valence-corrected chi connectivity index (χ1v) is 9.42. The Hall–Kier alpha value is -2.04. The normalized spacial score (nSPS) is 22.4. The predicted molar refractivity (Wildman–Crippen MR) is 97.7 cm³/mol. The zero-order valence-electron chi connectivity index (χ0n) is 15.0. The van der Waals surface area contributed by atoms with Crippen molar-refractivity contribution >= 4 is 17.5 Å². The van der Waals surface area contributed by atoms with Gasteiger partial charge in [-0.3, -0.25) is 9.59 Å². The third-order valence-corrected chi connectivity index (χ3v) is 5.31. The van der Waals surface area contributed by atoms with Gasteiger partial charge in [0.1, 0.15) is 5.75 Å².